The van der Waals surface area contributed by atoms with Gasteiger partial charge in [-0.05, 0) is 31.0 Å². The van der Waals surface area contributed by atoms with Gasteiger partial charge < -0.3 is 4.74 Å². The molecule has 5 nitrogen and oxygen atoms in total. The second kappa shape index (κ2) is 5.05. The first kappa shape index (κ1) is 13.6. The lowest BCUT2D eigenvalue weighted by Gasteiger charge is -2.12. The van der Waals surface area contributed by atoms with Crippen LogP contribution in [0.25, 0.3) is 0 Å². The zero-order valence-electron chi connectivity index (χ0n) is 11.1. The van der Waals surface area contributed by atoms with E-state index in [9.17, 15) is 8.42 Å². The number of nitrogens with zero attached hydrogens (tertiary/aromatic N) is 2. The van der Waals surface area contributed by atoms with Gasteiger partial charge in [0, 0.05) is 12.4 Å². The molecular formula is C13H16N2O3S. The van der Waals surface area contributed by atoms with E-state index in [1.807, 2.05) is 13.0 Å². The molecule has 6 heteroatoms. The molecule has 0 N–H and O–H groups in total. The Morgan fingerprint density at radius 2 is 2.11 bits per heavy atom. The minimum Gasteiger partial charge on any atom is -0.495 e. The van der Waals surface area contributed by atoms with E-state index in [-0.39, 0.29) is 4.90 Å². The van der Waals surface area contributed by atoms with E-state index in [0.29, 0.717) is 11.6 Å². The fourth-order valence-electron chi connectivity index (χ4n) is 1.87. The van der Waals surface area contributed by atoms with Crippen LogP contribution in [-0.4, -0.2) is 24.5 Å². The van der Waals surface area contributed by atoms with Crippen molar-refractivity contribution < 1.29 is 13.2 Å². The largest absolute Gasteiger partial charge is 0.495 e. The molecule has 0 saturated carbocycles. The minimum absolute atomic E-state index is 0.162. The summed E-state index contributed by atoms with van der Waals surface area (Å²) in [5, 5.41) is 0. The number of aromatic nitrogens is 2. The van der Waals surface area contributed by atoms with Gasteiger partial charge in [0.15, 0.2) is 0 Å². The van der Waals surface area contributed by atoms with E-state index in [4.69, 9.17) is 4.74 Å². The number of aryl methyl sites for hydroxylation is 2. The van der Waals surface area contributed by atoms with Crippen molar-refractivity contribution in [3.8, 4) is 5.75 Å². The van der Waals surface area contributed by atoms with Crippen molar-refractivity contribution in [2.45, 2.75) is 25.2 Å². The molecule has 0 aliphatic heterocycles. The fraction of sp³-hybridized carbons (Fsp3) is 0.308. The van der Waals surface area contributed by atoms with Crippen molar-refractivity contribution in [3.05, 3.63) is 42.0 Å². The molecule has 2 rings (SSSR count). The van der Waals surface area contributed by atoms with Crippen molar-refractivity contribution in [3.63, 3.8) is 0 Å². The molecule has 2 aromatic rings. The van der Waals surface area contributed by atoms with Crippen molar-refractivity contribution in [1.29, 1.82) is 0 Å². The van der Waals surface area contributed by atoms with Gasteiger partial charge in [-0.2, -0.15) is 0 Å². The van der Waals surface area contributed by atoms with Crippen molar-refractivity contribution in [1.82, 2.24) is 8.96 Å². The lowest BCUT2D eigenvalue weighted by molar-refractivity contribution is 0.402. The smallest absolute Gasteiger partial charge is 0.272 e. The molecule has 0 aliphatic rings. The van der Waals surface area contributed by atoms with Crippen LogP contribution in [0, 0.1) is 6.92 Å². The second-order valence-electron chi connectivity index (χ2n) is 4.11. The highest BCUT2D eigenvalue weighted by atomic mass is 32.2. The van der Waals surface area contributed by atoms with Gasteiger partial charge in [-0.15, -0.1) is 0 Å². The Morgan fingerprint density at radius 3 is 2.63 bits per heavy atom. The summed E-state index contributed by atoms with van der Waals surface area (Å²) in [5.41, 5.74) is 0.942. The summed E-state index contributed by atoms with van der Waals surface area (Å²) in [6, 6.07) is 5.18. The number of hydrogen-bond donors (Lipinski definition) is 0. The molecule has 0 unspecified atom stereocenters. The summed E-state index contributed by atoms with van der Waals surface area (Å²) in [6.07, 6.45) is 3.65. The van der Waals surface area contributed by atoms with Crippen molar-refractivity contribution in [2.24, 2.45) is 0 Å². The van der Waals surface area contributed by atoms with Crippen LogP contribution in [0.1, 0.15) is 18.3 Å². The molecule has 1 aromatic heterocycles. The zero-order valence-corrected chi connectivity index (χ0v) is 11.9. The Morgan fingerprint density at radius 1 is 1.37 bits per heavy atom. The van der Waals surface area contributed by atoms with Crippen LogP contribution in [0.5, 0.6) is 5.75 Å². The van der Waals surface area contributed by atoms with Crippen LogP contribution in [0.15, 0.2) is 35.5 Å². The van der Waals surface area contributed by atoms with E-state index < -0.39 is 10.0 Å². The fourth-order valence-corrected chi connectivity index (χ4v) is 3.40. The quantitative estimate of drug-likeness (QED) is 0.859. The maximum Gasteiger partial charge on any atom is 0.272 e. The normalized spacial score (nSPS) is 11.5. The molecule has 0 radical (unpaired) electrons. The molecule has 0 atom stereocenters. The predicted molar refractivity (Wildman–Crippen MR) is 71.9 cm³/mol. The standard InChI is InChI=1S/C13H16N2O3S/c1-4-11-5-6-12(18-3)13(9-11)19(16,17)15-8-7-14-10(15)2/h5-9H,4H2,1-3H3. The van der Waals surface area contributed by atoms with Gasteiger partial charge in [-0.25, -0.2) is 17.4 Å². The van der Waals surface area contributed by atoms with Gasteiger partial charge in [0.1, 0.15) is 16.5 Å². The topological polar surface area (TPSA) is 61.2 Å². The molecule has 0 spiro atoms. The van der Waals surface area contributed by atoms with Crippen LogP contribution >= 0.6 is 0 Å². The first-order valence-corrected chi connectivity index (χ1v) is 7.37. The Labute approximate surface area is 112 Å². The van der Waals surface area contributed by atoms with Gasteiger partial charge in [-0.3, -0.25) is 0 Å². The summed E-state index contributed by atoms with van der Waals surface area (Å²) in [7, 11) is -2.21. The monoisotopic (exact) mass is 280 g/mol. The highest BCUT2D eigenvalue weighted by Gasteiger charge is 2.23. The lowest BCUT2D eigenvalue weighted by Crippen LogP contribution is -2.15. The van der Waals surface area contributed by atoms with E-state index in [1.165, 1.54) is 19.5 Å². The molecule has 1 aromatic carbocycles. The minimum atomic E-state index is -3.67. The summed E-state index contributed by atoms with van der Waals surface area (Å²) in [5.74, 6) is 0.759. The van der Waals surface area contributed by atoms with E-state index in [0.717, 1.165) is 16.0 Å². The third kappa shape index (κ3) is 2.35. The summed E-state index contributed by atoms with van der Waals surface area (Å²) in [4.78, 5) is 4.11. The maximum atomic E-state index is 12.6. The van der Waals surface area contributed by atoms with Gasteiger partial charge >= 0.3 is 0 Å². The van der Waals surface area contributed by atoms with Crippen LogP contribution in [0.4, 0.5) is 0 Å². The molecule has 0 amide bonds. The lowest BCUT2D eigenvalue weighted by atomic mass is 10.2. The SMILES string of the molecule is CCc1ccc(OC)c(S(=O)(=O)n2ccnc2C)c1. The van der Waals surface area contributed by atoms with E-state index in [2.05, 4.69) is 4.98 Å². The zero-order chi connectivity index (χ0) is 14.0. The molecule has 102 valence electrons. The Kier molecular flexibility index (Phi) is 3.61. The van der Waals surface area contributed by atoms with Gasteiger partial charge in [-0.1, -0.05) is 13.0 Å². The van der Waals surface area contributed by atoms with Gasteiger partial charge in [0.25, 0.3) is 10.0 Å². The molecule has 0 saturated heterocycles. The molecule has 0 bridgehead atoms. The maximum absolute atomic E-state index is 12.6. The highest BCUT2D eigenvalue weighted by Crippen LogP contribution is 2.27. The van der Waals surface area contributed by atoms with Crippen LogP contribution in [0.3, 0.4) is 0 Å². The van der Waals surface area contributed by atoms with Gasteiger partial charge in [0.2, 0.25) is 0 Å². The number of rotatable bonds is 4. The molecule has 0 fully saturated rings. The molecule has 1 heterocycles. The number of benzene rings is 1. The van der Waals surface area contributed by atoms with Crippen LogP contribution < -0.4 is 4.74 Å². The van der Waals surface area contributed by atoms with Crippen LogP contribution in [0.2, 0.25) is 0 Å². The molecule has 19 heavy (non-hydrogen) atoms. The first-order valence-electron chi connectivity index (χ1n) is 5.93. The average molecular weight is 280 g/mol. The molecular weight excluding hydrogens is 264 g/mol. The van der Waals surface area contributed by atoms with Gasteiger partial charge in [0.05, 0.1) is 7.11 Å². The third-order valence-corrected chi connectivity index (χ3v) is 4.73. The molecule has 0 aliphatic carbocycles. The average Bonchev–Trinajstić information content (AvgIpc) is 2.85. The first-order chi connectivity index (χ1) is 9.00. The number of imidazole rings is 1. The summed E-state index contributed by atoms with van der Waals surface area (Å²) >= 11 is 0. The summed E-state index contributed by atoms with van der Waals surface area (Å²) in [6.45, 7) is 3.62. The van der Waals surface area contributed by atoms with E-state index >= 15 is 0 Å². The second-order valence-corrected chi connectivity index (χ2v) is 5.90. The third-order valence-electron chi connectivity index (χ3n) is 2.96. The van der Waals surface area contributed by atoms with Crippen molar-refractivity contribution in [2.75, 3.05) is 7.11 Å². The Balaban J connectivity index is 2.66. The number of methoxy groups -OCH3 is 1. The summed E-state index contributed by atoms with van der Waals surface area (Å²) < 4.78 is 31.5. The Hall–Kier alpha value is -1.82. The number of hydrogen-bond acceptors (Lipinski definition) is 4. The predicted octanol–water partition coefficient (Wildman–Crippen LogP) is 2.00. The van der Waals surface area contributed by atoms with Crippen LogP contribution in [-0.2, 0) is 16.4 Å². The highest BCUT2D eigenvalue weighted by molar-refractivity contribution is 7.90. The number of ether oxygens (including phenoxy) is 1. The Bertz CT molecular complexity index is 690. The van der Waals surface area contributed by atoms with Crippen molar-refractivity contribution >= 4 is 10.0 Å². The van der Waals surface area contributed by atoms with E-state index in [1.54, 1.807) is 19.1 Å².